The van der Waals surface area contributed by atoms with Crippen LogP contribution in [0.2, 0.25) is 5.28 Å². The van der Waals surface area contributed by atoms with E-state index in [9.17, 15) is 0 Å². The van der Waals surface area contributed by atoms with Crippen LogP contribution < -0.4 is 66.9 Å². The Balaban J connectivity index is 0.000000140. The molecule has 0 aliphatic heterocycles. The van der Waals surface area contributed by atoms with Gasteiger partial charge in [-0.05, 0) is 113 Å². The molecule has 0 unspecified atom stereocenters. The molecule has 0 radical (unpaired) electrons. The number of methoxy groups -OCH3 is 4. The van der Waals surface area contributed by atoms with Crippen LogP contribution in [0, 0.1) is 0 Å². The summed E-state index contributed by atoms with van der Waals surface area (Å²) in [5.41, 5.74) is 7.79. The van der Waals surface area contributed by atoms with Gasteiger partial charge in [-0.3, -0.25) is 0 Å². The molecule has 16 aromatic rings. The Bertz CT molecular complexity index is 5110. The van der Waals surface area contributed by atoms with Gasteiger partial charge in [0.25, 0.3) is 0 Å². The largest absolute Gasteiger partial charge is 0.0622 e. The molecule has 109 heavy (non-hydrogen) atoms. The molecule has 16 rings (SSSR count). The van der Waals surface area contributed by atoms with Gasteiger partial charge in [-0.1, -0.05) is 279 Å². The van der Waals surface area contributed by atoms with Crippen molar-refractivity contribution < 1.29 is 44.9 Å². The summed E-state index contributed by atoms with van der Waals surface area (Å²) in [6.45, 7) is 1.44. The van der Waals surface area contributed by atoms with Gasteiger partial charge in [-0.2, -0.15) is 0 Å². The molecule has 0 aliphatic carbocycles. The maximum Gasteiger partial charge on any atom is -0.0134 e. The van der Waals surface area contributed by atoms with Crippen molar-refractivity contribution in [2.24, 2.45) is 0 Å². The fourth-order valence-corrected chi connectivity index (χ4v) is 16.9. The normalized spacial score (nSPS) is 10.6. The number of halogens is 3. The number of hydrogen-bond donors (Lipinski definition) is 6. The quantitative estimate of drug-likeness (QED) is 0.0241. The van der Waals surface area contributed by atoms with Crippen LogP contribution in [0.3, 0.4) is 0 Å². The average molecular weight is 1630 g/mol. The van der Waals surface area contributed by atoms with Crippen molar-refractivity contribution in [3.8, 4) is 34.4 Å². The Labute approximate surface area is 659 Å². The van der Waals surface area contributed by atoms with E-state index in [1.54, 1.807) is 58.8 Å². The molecule has 12 aromatic carbocycles. The van der Waals surface area contributed by atoms with E-state index in [1.807, 2.05) is 79.0 Å². The van der Waals surface area contributed by atoms with Gasteiger partial charge in [-0.15, -0.1) is 0 Å². The smallest absolute Gasteiger partial charge is 0.0134 e. The van der Waals surface area contributed by atoms with Crippen molar-refractivity contribution >= 4 is 146 Å². The van der Waals surface area contributed by atoms with Gasteiger partial charge < -0.3 is 49.6 Å². The summed E-state index contributed by atoms with van der Waals surface area (Å²) in [4.78, 5) is 24.9. The van der Waals surface area contributed by atoms with E-state index in [0.717, 1.165) is 58.1 Å². The third kappa shape index (κ3) is 21.9. The van der Waals surface area contributed by atoms with Gasteiger partial charge >= 0.3 is 42.1 Å². The number of para-hydroxylation sites is 2. The molecule has 4 heterocycles. The van der Waals surface area contributed by atoms with Crippen molar-refractivity contribution in [1.29, 1.82) is 0 Å². The molecule has 0 atom stereocenters. The zero-order valence-corrected chi connectivity index (χ0v) is 65.9. The molecule has 21 heteroatoms. The monoisotopic (exact) mass is 1630 g/mol. The second-order valence-corrected chi connectivity index (χ2v) is 31.3. The van der Waals surface area contributed by atoms with Crippen LogP contribution in [0.25, 0.3) is 55.0 Å². The minimum atomic E-state index is -1.34. The fraction of sp³-hybridized carbons (Fsp3) is 0.0909. The molecule has 0 amide bonds. The zero-order valence-electron chi connectivity index (χ0n) is 60.2. The predicted molar refractivity (Wildman–Crippen MR) is 455 cm³/mol. The van der Waals surface area contributed by atoms with Gasteiger partial charge in [0.2, 0.25) is 5.28 Å². The fourth-order valence-electron chi connectivity index (χ4n) is 12.2. The number of benzene rings is 12. The molecule has 0 aliphatic rings. The minimum Gasteiger partial charge on any atom is -0.0622 e. The van der Waals surface area contributed by atoms with E-state index in [0.29, 0.717) is 52.2 Å². The van der Waals surface area contributed by atoms with Gasteiger partial charge in [-0.25, -0.2) is 19.9 Å². The van der Waals surface area contributed by atoms with Crippen LogP contribution in [-0.4, -0.2) is 88.6 Å². The number of nitrogens with one attached hydrogen (secondary N) is 4. The summed E-state index contributed by atoms with van der Waals surface area (Å²) >= 11 is 6.00. The van der Waals surface area contributed by atoms with Crippen LogP contribution in [0.5, 0.6) is 23.0 Å². The van der Waals surface area contributed by atoms with E-state index in [2.05, 4.69) is 249 Å². The van der Waals surface area contributed by atoms with E-state index >= 15 is 0 Å². The topological polar surface area (TPSA) is 185 Å². The number of hydrogen-bond acceptors (Lipinski definition) is 12. The second kappa shape index (κ2) is 41.8. The molecule has 0 saturated heterocycles. The van der Waals surface area contributed by atoms with Gasteiger partial charge in [0.05, 0.1) is 39.5 Å². The summed E-state index contributed by atoms with van der Waals surface area (Å²) in [5.74, 6) is 4.62. The number of aromatic amines is 2. The maximum atomic E-state index is 8.58. The SMILES string of the molecule is COc1cc2nc(-c3ccccc3)nc(NCCc3c[nH]c4ccccc34)c2cc1OC.COc1cc2nc(Cl)nc(NCCc3c[nH]c4ccccc34)c2cc1OC.OB(O)c1ccccc1.[Cl][Pd][Cl].c1ccc(P(c2ccccc2)c2ccccc2)cc1.c1ccc(P(c2ccccc2)c2ccccc2)cc1. The standard InChI is InChI=1S/C26H24N4O2.C20H19ClN4O2.2C18H15P.C6H7BO2.2ClH.Pd/c1-31-23-14-20-22(15-24(23)32-2)29-25(17-8-4-3-5-9-17)30-26(20)27-13-12-18-16-28-21-11-7-6-10-19(18)21;1-26-17-9-14-16(10-18(17)27-2)24-20(21)25-19(14)22-8-7-12-11-23-15-6-4-3-5-13(12)15;2*1-4-10-16(11-5-1)19(17-12-6-2-7-13-17)18-14-8-3-9-15-18;8-7(9)6-4-2-1-3-5-6;;;/h3-11,14-16,28H,12-13H2,1-2H3,(H,27,29,30);3-6,9-11,23H,7-8H2,1-2H3,(H,22,24,25);2*1-15H;1-5,8-9H;2*1H;/q;;;;;;;+2/p-2. The first-order valence-corrected chi connectivity index (χ1v) is 41.9. The number of anilines is 2. The molecule has 552 valence electrons. The van der Waals surface area contributed by atoms with Gasteiger partial charge in [0.15, 0.2) is 28.8 Å². The molecule has 0 fully saturated rings. The molecule has 6 N–H and O–H groups in total. The Morgan fingerprint density at radius 3 is 1.02 bits per heavy atom. The minimum absolute atomic E-state index is 0.106. The van der Waals surface area contributed by atoms with Crippen LogP contribution in [0.1, 0.15) is 11.1 Å². The van der Waals surface area contributed by atoms with Crippen molar-refractivity contribution in [3.63, 3.8) is 0 Å². The van der Waals surface area contributed by atoms with Crippen LogP contribution >= 0.6 is 46.5 Å². The number of aromatic nitrogens is 6. The summed E-state index contributed by atoms with van der Waals surface area (Å²) in [6.07, 6.45) is 5.84. The first kappa shape index (κ1) is 79.6. The van der Waals surface area contributed by atoms with E-state index in [-0.39, 0.29) is 21.2 Å². The maximum absolute atomic E-state index is 8.58. The van der Waals surface area contributed by atoms with Gasteiger partial charge in [0.1, 0.15) is 11.6 Å². The molecule has 0 saturated carbocycles. The van der Waals surface area contributed by atoms with Crippen molar-refractivity contribution in [1.82, 2.24) is 29.9 Å². The Morgan fingerprint density at radius 2 is 0.679 bits per heavy atom. The zero-order chi connectivity index (χ0) is 75.9. The summed E-state index contributed by atoms with van der Waals surface area (Å²) in [5, 5.41) is 36.8. The number of rotatable bonds is 20. The van der Waals surface area contributed by atoms with Crippen LogP contribution in [0.4, 0.5) is 11.6 Å². The number of H-pyrrole nitrogens is 2. The molecular formula is C88H80BCl3N8O6P2Pd. The summed E-state index contributed by atoms with van der Waals surface area (Å²) in [7, 11) is 13.8. The van der Waals surface area contributed by atoms with Crippen molar-refractivity contribution in [2.75, 3.05) is 52.2 Å². The first-order chi connectivity index (χ1) is 53.6. The van der Waals surface area contributed by atoms with Crippen LogP contribution in [0.15, 0.2) is 328 Å². The van der Waals surface area contributed by atoms with Crippen molar-refractivity contribution in [3.05, 3.63) is 344 Å². The first-order valence-electron chi connectivity index (χ1n) is 34.9. The average Bonchev–Trinajstić information content (AvgIpc) is 1.63. The van der Waals surface area contributed by atoms with Crippen LogP contribution in [-0.2, 0) is 28.8 Å². The number of fused-ring (bicyclic) bond motifs is 4. The summed E-state index contributed by atoms with van der Waals surface area (Å²) in [6, 6.07) is 107. The molecule has 14 nitrogen and oxygen atoms in total. The van der Waals surface area contributed by atoms with E-state index in [4.69, 9.17) is 69.6 Å². The second-order valence-electron chi connectivity index (χ2n) is 24.1. The number of ether oxygens (including phenoxy) is 4. The number of nitrogens with zero attached hydrogens (tertiary/aromatic N) is 4. The van der Waals surface area contributed by atoms with E-state index < -0.39 is 23.0 Å². The molecule has 0 spiro atoms. The van der Waals surface area contributed by atoms with Gasteiger partial charge in [0, 0.05) is 75.8 Å². The van der Waals surface area contributed by atoms with Crippen molar-refractivity contribution in [2.45, 2.75) is 12.8 Å². The third-order valence-electron chi connectivity index (χ3n) is 17.3. The predicted octanol–water partition coefficient (Wildman–Crippen LogP) is 17.5. The Kier molecular flexibility index (Phi) is 30.5. The Morgan fingerprint density at radius 1 is 0.376 bits per heavy atom. The molecular weight excluding hydrogens is 1550 g/mol. The molecule has 4 aromatic heterocycles. The Hall–Kier alpha value is -10.4. The molecule has 0 bridgehead atoms. The van der Waals surface area contributed by atoms with E-state index in [1.165, 1.54) is 53.7 Å². The third-order valence-corrected chi connectivity index (χ3v) is 22.4. The summed E-state index contributed by atoms with van der Waals surface area (Å²) < 4.78 is 21.7.